The smallest absolute Gasteiger partial charge is 0.410 e. The van der Waals surface area contributed by atoms with Crippen LogP contribution in [0.4, 0.5) is 18.0 Å². The fourth-order valence-electron chi connectivity index (χ4n) is 3.22. The van der Waals surface area contributed by atoms with Crippen LogP contribution in [0.1, 0.15) is 39.2 Å². The number of ether oxygens (including phenoxy) is 1. The average Bonchev–Trinajstić information content (AvgIpc) is 2.65. The number of piperidine rings is 1. The minimum Gasteiger partial charge on any atom is -0.444 e. The highest BCUT2D eigenvalue weighted by Gasteiger charge is 2.49. The first-order valence-corrected chi connectivity index (χ1v) is 10.1. The molecule has 0 saturated carbocycles. The van der Waals surface area contributed by atoms with Crippen LogP contribution in [0.3, 0.4) is 0 Å². The molecule has 29 heavy (non-hydrogen) atoms. The molecule has 0 aromatic heterocycles. The summed E-state index contributed by atoms with van der Waals surface area (Å²) in [6.07, 6.45) is -3.40. The number of benzene rings is 1. The molecule has 2 amide bonds. The summed E-state index contributed by atoms with van der Waals surface area (Å²) in [6, 6.07) is 5.35. The van der Waals surface area contributed by atoms with E-state index >= 15 is 4.39 Å². The Bertz CT molecular complexity index is 731. The second-order valence-electron chi connectivity index (χ2n) is 8.12. The second kappa shape index (κ2) is 8.93. The first kappa shape index (κ1) is 23.5. The molecule has 0 aliphatic carbocycles. The zero-order valence-electron chi connectivity index (χ0n) is 16.9. The summed E-state index contributed by atoms with van der Waals surface area (Å²) in [5.41, 5.74) is -0.933. The van der Waals surface area contributed by atoms with Crippen molar-refractivity contribution in [2.24, 2.45) is 5.92 Å². The minimum atomic E-state index is -3.42. The van der Waals surface area contributed by atoms with Crippen LogP contribution in [0.2, 0.25) is 0 Å². The highest BCUT2D eigenvalue weighted by atomic mass is 79.9. The Labute approximate surface area is 177 Å². The SMILES string of the molecule is CN(C(=O)C1CCN(C(=O)OC(C)(C)C)CC1)C(F)(c1ccc(Br)cc1)C(F)F. The first-order valence-electron chi connectivity index (χ1n) is 9.35. The summed E-state index contributed by atoms with van der Waals surface area (Å²) < 4.78 is 48.8. The number of rotatable bonds is 4. The molecule has 0 radical (unpaired) electrons. The normalized spacial score (nSPS) is 17.8. The number of likely N-dealkylation sites (tertiary alicyclic amines) is 1. The fraction of sp³-hybridized carbons (Fsp3) is 0.600. The Morgan fingerprint density at radius 2 is 1.69 bits per heavy atom. The number of halogens is 4. The number of alkyl halides is 3. The molecule has 162 valence electrons. The standard InChI is InChI=1S/C20H26BrF3N2O3/c1-19(2,3)29-18(28)26-11-9-13(10-12-26)16(27)25(4)20(24,17(22)23)14-5-7-15(21)8-6-14/h5-8,13,17H,9-12H2,1-4H3. The van der Waals surface area contributed by atoms with Crippen molar-refractivity contribution in [1.82, 2.24) is 9.80 Å². The maximum absolute atomic E-state index is 15.4. The van der Waals surface area contributed by atoms with Gasteiger partial charge in [-0.05, 0) is 45.7 Å². The van der Waals surface area contributed by atoms with Crippen molar-refractivity contribution < 1.29 is 27.5 Å². The van der Waals surface area contributed by atoms with Crippen molar-refractivity contribution >= 4 is 27.9 Å². The molecule has 1 aliphatic rings. The van der Waals surface area contributed by atoms with Gasteiger partial charge in [0, 0.05) is 36.1 Å². The van der Waals surface area contributed by atoms with Crippen LogP contribution < -0.4 is 0 Å². The van der Waals surface area contributed by atoms with Gasteiger partial charge in [-0.3, -0.25) is 4.79 Å². The topological polar surface area (TPSA) is 49.9 Å². The van der Waals surface area contributed by atoms with Crippen molar-refractivity contribution in [2.75, 3.05) is 20.1 Å². The molecule has 2 rings (SSSR count). The third-order valence-electron chi connectivity index (χ3n) is 4.85. The van der Waals surface area contributed by atoms with Gasteiger partial charge in [-0.15, -0.1) is 0 Å². The van der Waals surface area contributed by atoms with Crippen LogP contribution in [0, 0.1) is 5.92 Å². The average molecular weight is 479 g/mol. The zero-order chi connectivity index (χ0) is 22.0. The number of hydrogen-bond donors (Lipinski definition) is 0. The van der Waals surface area contributed by atoms with Crippen LogP contribution in [0.25, 0.3) is 0 Å². The third-order valence-corrected chi connectivity index (χ3v) is 5.38. The second-order valence-corrected chi connectivity index (χ2v) is 9.04. The lowest BCUT2D eigenvalue weighted by Crippen LogP contribution is -2.52. The highest BCUT2D eigenvalue weighted by Crippen LogP contribution is 2.38. The number of hydrogen-bond acceptors (Lipinski definition) is 3. The quantitative estimate of drug-likeness (QED) is 0.575. The summed E-state index contributed by atoms with van der Waals surface area (Å²) in [5.74, 6) is -4.59. The van der Waals surface area contributed by atoms with E-state index in [1.165, 1.54) is 29.2 Å². The molecule has 0 spiro atoms. The molecule has 1 heterocycles. The van der Waals surface area contributed by atoms with Crippen molar-refractivity contribution in [2.45, 2.75) is 51.4 Å². The molecular weight excluding hydrogens is 453 g/mol. The molecule has 1 aromatic carbocycles. The first-order chi connectivity index (χ1) is 13.4. The molecule has 1 fully saturated rings. The van der Waals surface area contributed by atoms with Crippen LogP contribution in [0.5, 0.6) is 0 Å². The van der Waals surface area contributed by atoms with Gasteiger partial charge in [-0.2, -0.15) is 0 Å². The number of carbonyl (C=O) groups is 2. The van der Waals surface area contributed by atoms with Crippen LogP contribution >= 0.6 is 15.9 Å². The molecule has 1 unspecified atom stereocenters. The van der Waals surface area contributed by atoms with E-state index in [1.807, 2.05) is 0 Å². The van der Waals surface area contributed by atoms with Gasteiger partial charge >= 0.3 is 6.09 Å². The molecule has 1 atom stereocenters. The monoisotopic (exact) mass is 478 g/mol. The van der Waals surface area contributed by atoms with Gasteiger partial charge in [-0.1, -0.05) is 28.1 Å². The van der Waals surface area contributed by atoms with Gasteiger partial charge in [0.15, 0.2) is 0 Å². The molecule has 0 bridgehead atoms. The van der Waals surface area contributed by atoms with E-state index in [9.17, 15) is 18.4 Å². The Morgan fingerprint density at radius 3 is 2.14 bits per heavy atom. The van der Waals surface area contributed by atoms with Crippen LogP contribution in [-0.2, 0) is 15.3 Å². The highest BCUT2D eigenvalue weighted by molar-refractivity contribution is 9.10. The van der Waals surface area contributed by atoms with E-state index in [4.69, 9.17) is 4.74 Å². The van der Waals surface area contributed by atoms with E-state index < -0.39 is 35.7 Å². The van der Waals surface area contributed by atoms with E-state index in [-0.39, 0.29) is 31.5 Å². The maximum atomic E-state index is 15.4. The number of carbonyl (C=O) groups excluding carboxylic acids is 2. The summed E-state index contributed by atoms with van der Waals surface area (Å²) in [5, 5.41) is 0. The number of nitrogens with zero attached hydrogens (tertiary/aromatic N) is 2. The Morgan fingerprint density at radius 1 is 1.17 bits per heavy atom. The molecule has 9 heteroatoms. The van der Waals surface area contributed by atoms with Gasteiger partial charge in [0.2, 0.25) is 5.91 Å². The summed E-state index contributed by atoms with van der Waals surface area (Å²) >= 11 is 3.18. The Kier molecular flexibility index (Phi) is 7.24. The molecule has 1 saturated heterocycles. The van der Waals surface area contributed by atoms with Gasteiger partial charge in [-0.25, -0.2) is 18.0 Å². The largest absolute Gasteiger partial charge is 0.444 e. The van der Waals surface area contributed by atoms with Gasteiger partial charge in [0.1, 0.15) is 5.60 Å². The molecule has 5 nitrogen and oxygen atoms in total. The van der Waals surface area contributed by atoms with Crippen LogP contribution in [0.15, 0.2) is 28.7 Å². The maximum Gasteiger partial charge on any atom is 0.410 e. The minimum absolute atomic E-state index is 0.241. The van der Waals surface area contributed by atoms with Gasteiger partial charge < -0.3 is 14.5 Å². The van der Waals surface area contributed by atoms with Crippen LogP contribution in [-0.4, -0.2) is 54.0 Å². The van der Waals surface area contributed by atoms with Crippen molar-refractivity contribution in [3.05, 3.63) is 34.3 Å². The van der Waals surface area contributed by atoms with E-state index in [2.05, 4.69) is 15.9 Å². The lowest BCUT2D eigenvalue weighted by atomic mass is 9.93. The lowest BCUT2D eigenvalue weighted by Gasteiger charge is -2.39. The lowest BCUT2D eigenvalue weighted by molar-refractivity contribution is -0.173. The zero-order valence-corrected chi connectivity index (χ0v) is 18.5. The molecule has 1 aliphatic heterocycles. The molecule has 0 N–H and O–H groups in total. The predicted molar refractivity (Wildman–Crippen MR) is 106 cm³/mol. The van der Waals surface area contributed by atoms with E-state index in [0.29, 0.717) is 9.37 Å². The Balaban J connectivity index is 2.09. The number of amides is 2. The third kappa shape index (κ3) is 5.43. The molecule has 1 aromatic rings. The summed E-state index contributed by atoms with van der Waals surface area (Å²) in [6.45, 7) is 5.74. The molecular formula is C20H26BrF3N2O3. The summed E-state index contributed by atoms with van der Waals surface area (Å²) in [7, 11) is 1.05. The van der Waals surface area contributed by atoms with E-state index in [0.717, 1.165) is 7.05 Å². The van der Waals surface area contributed by atoms with Crippen molar-refractivity contribution in [3.63, 3.8) is 0 Å². The summed E-state index contributed by atoms with van der Waals surface area (Å²) in [4.78, 5) is 26.9. The van der Waals surface area contributed by atoms with Crippen molar-refractivity contribution in [3.8, 4) is 0 Å². The fourth-order valence-corrected chi connectivity index (χ4v) is 3.48. The van der Waals surface area contributed by atoms with Gasteiger partial charge in [0.05, 0.1) is 0 Å². The van der Waals surface area contributed by atoms with E-state index in [1.54, 1.807) is 20.8 Å². The van der Waals surface area contributed by atoms with Crippen molar-refractivity contribution in [1.29, 1.82) is 0 Å². The van der Waals surface area contributed by atoms with Gasteiger partial charge in [0.25, 0.3) is 12.2 Å². The Hall–Kier alpha value is -1.77. The predicted octanol–water partition coefficient (Wildman–Crippen LogP) is 4.94.